The van der Waals surface area contributed by atoms with Crippen LogP contribution in [0.5, 0.6) is 5.75 Å². The molecule has 0 unspecified atom stereocenters. The molecule has 27 heavy (non-hydrogen) atoms. The van der Waals surface area contributed by atoms with Crippen molar-refractivity contribution < 1.29 is 22.8 Å². The first-order chi connectivity index (χ1) is 12.7. The summed E-state index contributed by atoms with van der Waals surface area (Å²) >= 11 is 3.25. The summed E-state index contributed by atoms with van der Waals surface area (Å²) in [7, 11) is 1.39. The SMILES string of the molecule is COc1ccc([C@@](C[N+](=O)[O-])(c2c[nH]c3ccc(Br)cc23)C(F)(F)F)cc1. The molecule has 5 nitrogen and oxygen atoms in total. The lowest BCUT2D eigenvalue weighted by Crippen LogP contribution is -2.48. The van der Waals surface area contributed by atoms with Gasteiger partial charge in [-0.15, -0.1) is 0 Å². The average Bonchev–Trinajstić information content (AvgIpc) is 3.01. The Balaban J connectivity index is 2.37. The van der Waals surface area contributed by atoms with Gasteiger partial charge < -0.3 is 9.72 Å². The maximum absolute atomic E-state index is 14.4. The molecule has 0 fully saturated rings. The van der Waals surface area contributed by atoms with Gasteiger partial charge >= 0.3 is 6.18 Å². The summed E-state index contributed by atoms with van der Waals surface area (Å²) in [6, 6.07) is 9.97. The fourth-order valence-electron chi connectivity index (χ4n) is 3.25. The predicted molar refractivity (Wildman–Crippen MR) is 97.7 cm³/mol. The minimum absolute atomic E-state index is 0.201. The molecular weight excluding hydrogens is 429 g/mol. The molecule has 1 N–H and O–H groups in total. The fraction of sp³-hybridized carbons (Fsp3) is 0.222. The molecule has 1 atom stereocenters. The standard InChI is InChI=1S/C18H14BrF3N2O3/c1-27-13-5-2-11(3-6-13)17(10-24(25)26,18(20,21)22)15-9-23-16-7-4-12(19)8-14(15)16/h2-9,23H,10H2,1H3/t17-/m0/s1. The number of hydrogen-bond acceptors (Lipinski definition) is 3. The quantitative estimate of drug-likeness (QED) is 0.443. The van der Waals surface area contributed by atoms with E-state index in [1.54, 1.807) is 12.1 Å². The number of rotatable bonds is 5. The van der Waals surface area contributed by atoms with Gasteiger partial charge in [0.1, 0.15) is 5.75 Å². The number of nitrogens with one attached hydrogen (secondary N) is 1. The summed E-state index contributed by atoms with van der Waals surface area (Å²) < 4.78 is 48.9. The Bertz CT molecular complexity index is 986. The van der Waals surface area contributed by atoms with Gasteiger partial charge in [0.25, 0.3) is 0 Å². The van der Waals surface area contributed by atoms with Gasteiger partial charge in [0, 0.05) is 32.1 Å². The van der Waals surface area contributed by atoms with Crippen molar-refractivity contribution in [1.29, 1.82) is 0 Å². The third-order valence-corrected chi connectivity index (χ3v) is 5.03. The zero-order valence-electron chi connectivity index (χ0n) is 14.0. The topological polar surface area (TPSA) is 68.2 Å². The van der Waals surface area contributed by atoms with Crippen LogP contribution in [0, 0.1) is 10.1 Å². The molecule has 0 aliphatic heterocycles. The van der Waals surface area contributed by atoms with E-state index >= 15 is 0 Å². The third kappa shape index (κ3) is 3.27. The lowest BCUT2D eigenvalue weighted by atomic mass is 9.73. The molecule has 0 saturated heterocycles. The molecule has 0 bridgehead atoms. The second-order valence-corrected chi connectivity index (χ2v) is 6.93. The highest BCUT2D eigenvalue weighted by Gasteiger charge is 2.61. The molecular formula is C18H14BrF3N2O3. The van der Waals surface area contributed by atoms with Gasteiger partial charge in [-0.3, -0.25) is 10.1 Å². The van der Waals surface area contributed by atoms with Crippen molar-refractivity contribution in [3.63, 3.8) is 0 Å². The molecule has 1 heterocycles. The normalized spacial score (nSPS) is 14.1. The highest BCUT2D eigenvalue weighted by Crippen LogP contribution is 2.49. The average molecular weight is 443 g/mol. The molecule has 3 rings (SSSR count). The van der Waals surface area contributed by atoms with Crippen molar-refractivity contribution in [2.24, 2.45) is 0 Å². The van der Waals surface area contributed by atoms with Crippen LogP contribution < -0.4 is 4.74 Å². The number of aromatic nitrogens is 1. The molecule has 142 valence electrons. The number of hydrogen-bond donors (Lipinski definition) is 1. The first-order valence-electron chi connectivity index (χ1n) is 7.79. The van der Waals surface area contributed by atoms with Crippen molar-refractivity contribution >= 4 is 26.8 Å². The van der Waals surface area contributed by atoms with Crippen LogP contribution in [-0.2, 0) is 5.41 Å². The van der Waals surface area contributed by atoms with E-state index in [0.29, 0.717) is 15.7 Å². The lowest BCUT2D eigenvalue weighted by Gasteiger charge is -2.33. The molecule has 0 spiro atoms. The van der Waals surface area contributed by atoms with Crippen molar-refractivity contribution in [2.45, 2.75) is 11.6 Å². The van der Waals surface area contributed by atoms with Crippen LogP contribution in [0.15, 0.2) is 53.1 Å². The van der Waals surface area contributed by atoms with E-state index < -0.39 is 23.1 Å². The van der Waals surface area contributed by atoms with Crippen LogP contribution in [-0.4, -0.2) is 29.7 Å². The third-order valence-electron chi connectivity index (χ3n) is 4.54. The first-order valence-corrected chi connectivity index (χ1v) is 8.58. The van der Waals surface area contributed by atoms with E-state index in [1.165, 1.54) is 43.6 Å². The maximum Gasteiger partial charge on any atom is 0.408 e. The predicted octanol–water partition coefficient (Wildman–Crippen LogP) is 5.06. The van der Waals surface area contributed by atoms with E-state index in [9.17, 15) is 23.3 Å². The minimum Gasteiger partial charge on any atom is -0.497 e. The van der Waals surface area contributed by atoms with Crippen LogP contribution >= 0.6 is 15.9 Å². The molecule has 0 amide bonds. The monoisotopic (exact) mass is 442 g/mol. The molecule has 0 aliphatic rings. The van der Waals surface area contributed by atoms with Crippen LogP contribution in [0.3, 0.4) is 0 Å². The highest BCUT2D eigenvalue weighted by molar-refractivity contribution is 9.10. The highest BCUT2D eigenvalue weighted by atomic mass is 79.9. The Kier molecular flexibility index (Phi) is 4.90. The van der Waals surface area contributed by atoms with E-state index in [0.717, 1.165) is 0 Å². The second-order valence-electron chi connectivity index (χ2n) is 6.01. The Morgan fingerprint density at radius 1 is 1.19 bits per heavy atom. The molecule has 0 saturated carbocycles. The van der Waals surface area contributed by atoms with Crippen molar-refractivity contribution in [1.82, 2.24) is 4.98 Å². The van der Waals surface area contributed by atoms with E-state index in [2.05, 4.69) is 20.9 Å². The van der Waals surface area contributed by atoms with E-state index in [4.69, 9.17) is 4.74 Å². The number of fused-ring (bicyclic) bond motifs is 1. The van der Waals surface area contributed by atoms with Gasteiger partial charge in [-0.2, -0.15) is 13.2 Å². The summed E-state index contributed by atoms with van der Waals surface area (Å²) in [4.78, 5) is 13.2. The molecule has 9 heteroatoms. The number of benzene rings is 2. The molecule has 0 radical (unpaired) electrons. The molecule has 1 aromatic heterocycles. The number of H-pyrrole nitrogens is 1. The zero-order valence-corrected chi connectivity index (χ0v) is 15.6. The summed E-state index contributed by atoms with van der Waals surface area (Å²) in [6.45, 7) is -1.33. The zero-order chi connectivity index (χ0) is 19.8. The smallest absolute Gasteiger partial charge is 0.408 e. The fourth-order valence-corrected chi connectivity index (χ4v) is 3.61. The number of alkyl halides is 3. The minimum atomic E-state index is -4.91. The van der Waals surface area contributed by atoms with Gasteiger partial charge in [0.05, 0.1) is 7.11 Å². The van der Waals surface area contributed by atoms with E-state index in [1.807, 2.05) is 0 Å². The lowest BCUT2D eigenvalue weighted by molar-refractivity contribution is -0.498. The summed E-state index contributed by atoms with van der Waals surface area (Å²) in [5, 5.41) is 11.6. The van der Waals surface area contributed by atoms with Crippen LogP contribution in [0.1, 0.15) is 11.1 Å². The van der Waals surface area contributed by atoms with Gasteiger partial charge in [-0.1, -0.05) is 28.1 Å². The Labute approximate surface area is 160 Å². The van der Waals surface area contributed by atoms with Crippen molar-refractivity contribution in [3.8, 4) is 5.75 Å². The largest absolute Gasteiger partial charge is 0.497 e. The number of halogens is 4. The van der Waals surface area contributed by atoms with Gasteiger partial charge in [-0.25, -0.2) is 0 Å². The number of nitro groups is 1. The summed E-state index contributed by atoms with van der Waals surface area (Å²) in [5.41, 5.74) is -2.79. The number of aromatic amines is 1. The van der Waals surface area contributed by atoms with Crippen molar-refractivity contribution in [2.75, 3.05) is 13.7 Å². The van der Waals surface area contributed by atoms with Crippen LogP contribution in [0.2, 0.25) is 0 Å². The Hall–Kier alpha value is -2.55. The summed E-state index contributed by atoms with van der Waals surface area (Å²) in [5.74, 6) is 0.359. The molecule has 3 aromatic rings. The van der Waals surface area contributed by atoms with Gasteiger partial charge in [-0.05, 0) is 35.9 Å². The van der Waals surface area contributed by atoms with E-state index in [-0.39, 0.29) is 16.5 Å². The number of ether oxygens (including phenoxy) is 1. The van der Waals surface area contributed by atoms with Gasteiger partial charge in [0.2, 0.25) is 6.54 Å². The van der Waals surface area contributed by atoms with Crippen LogP contribution in [0.25, 0.3) is 10.9 Å². The second kappa shape index (κ2) is 6.88. The molecule has 2 aromatic carbocycles. The Morgan fingerprint density at radius 3 is 2.41 bits per heavy atom. The molecule has 0 aliphatic carbocycles. The number of nitrogens with zero attached hydrogens (tertiary/aromatic N) is 1. The van der Waals surface area contributed by atoms with Crippen LogP contribution in [0.4, 0.5) is 13.2 Å². The number of methoxy groups -OCH3 is 1. The van der Waals surface area contributed by atoms with Crippen molar-refractivity contribution in [3.05, 3.63) is 74.4 Å². The Morgan fingerprint density at radius 2 is 1.85 bits per heavy atom. The van der Waals surface area contributed by atoms with Gasteiger partial charge in [0.15, 0.2) is 5.41 Å². The summed E-state index contributed by atoms with van der Waals surface area (Å²) in [6.07, 6.45) is -3.72. The first kappa shape index (κ1) is 19.2. The maximum atomic E-state index is 14.4.